The summed E-state index contributed by atoms with van der Waals surface area (Å²) in [4.78, 5) is 14.8. The maximum absolute atomic E-state index is 12.0. The van der Waals surface area contributed by atoms with Crippen LogP contribution in [0, 0.1) is 18.8 Å². The summed E-state index contributed by atoms with van der Waals surface area (Å²) in [6.07, 6.45) is 0.518. The fourth-order valence-electron chi connectivity index (χ4n) is 1.84. The van der Waals surface area contributed by atoms with Gasteiger partial charge in [-0.15, -0.1) is 0 Å². The van der Waals surface area contributed by atoms with Crippen LogP contribution in [-0.2, 0) is 0 Å². The molecule has 2 N–H and O–H groups in total. The molecule has 0 radical (unpaired) electrons. The number of fused-ring (bicyclic) bond motifs is 1. The van der Waals surface area contributed by atoms with Gasteiger partial charge in [0.05, 0.1) is 5.56 Å². The van der Waals surface area contributed by atoms with Gasteiger partial charge in [0, 0.05) is 10.9 Å². The summed E-state index contributed by atoms with van der Waals surface area (Å²) in [6.45, 7) is 5.37. The zero-order chi connectivity index (χ0) is 14.0. The zero-order valence-corrected chi connectivity index (χ0v) is 11.4. The van der Waals surface area contributed by atoms with E-state index in [-0.39, 0.29) is 5.56 Å². The summed E-state index contributed by atoms with van der Waals surface area (Å²) in [7, 11) is 0. The van der Waals surface area contributed by atoms with Crippen LogP contribution in [0.3, 0.4) is 0 Å². The van der Waals surface area contributed by atoms with Gasteiger partial charge in [0.1, 0.15) is 5.60 Å². The first-order valence-electron chi connectivity index (χ1n) is 6.32. The summed E-state index contributed by atoms with van der Waals surface area (Å²) in [5, 5.41) is 10.9. The molecule has 3 nitrogen and oxygen atoms in total. The largest absolute Gasteiger partial charge is 0.378 e. The smallest absolute Gasteiger partial charge is 0.264 e. The van der Waals surface area contributed by atoms with Gasteiger partial charge < -0.3 is 10.1 Å². The number of hydrogen-bond acceptors (Lipinski definition) is 2. The van der Waals surface area contributed by atoms with E-state index in [1.165, 1.54) is 0 Å². The van der Waals surface area contributed by atoms with E-state index in [4.69, 9.17) is 0 Å². The Labute approximate surface area is 112 Å². The lowest BCUT2D eigenvalue weighted by atomic mass is 10.0. The highest BCUT2D eigenvalue weighted by Crippen LogP contribution is 2.16. The van der Waals surface area contributed by atoms with Gasteiger partial charge in [0.2, 0.25) is 0 Å². The van der Waals surface area contributed by atoms with Crippen LogP contribution < -0.4 is 5.56 Å². The second-order valence-corrected chi connectivity index (χ2v) is 4.88. The third-order valence-corrected chi connectivity index (χ3v) is 3.33. The molecule has 1 aromatic heterocycles. The molecule has 0 fully saturated rings. The van der Waals surface area contributed by atoms with Crippen LogP contribution in [0.1, 0.15) is 31.4 Å². The van der Waals surface area contributed by atoms with Crippen LogP contribution in [0.2, 0.25) is 0 Å². The summed E-state index contributed by atoms with van der Waals surface area (Å²) >= 11 is 0. The number of pyridine rings is 1. The molecular weight excluding hydrogens is 238 g/mol. The molecule has 0 saturated heterocycles. The van der Waals surface area contributed by atoms with Crippen molar-refractivity contribution < 1.29 is 5.11 Å². The van der Waals surface area contributed by atoms with Crippen LogP contribution in [0.4, 0.5) is 0 Å². The fourth-order valence-corrected chi connectivity index (χ4v) is 1.84. The molecule has 19 heavy (non-hydrogen) atoms. The number of para-hydroxylation sites is 1. The van der Waals surface area contributed by atoms with Crippen molar-refractivity contribution in [1.82, 2.24) is 4.98 Å². The third kappa shape index (κ3) is 2.69. The lowest BCUT2D eigenvalue weighted by molar-refractivity contribution is 0.118. The van der Waals surface area contributed by atoms with E-state index in [0.29, 0.717) is 12.0 Å². The van der Waals surface area contributed by atoms with E-state index in [1.807, 2.05) is 38.1 Å². The third-order valence-electron chi connectivity index (χ3n) is 3.33. The van der Waals surface area contributed by atoms with Crippen LogP contribution in [0.5, 0.6) is 0 Å². The minimum absolute atomic E-state index is 0.212. The minimum Gasteiger partial charge on any atom is -0.378 e. The number of aliphatic hydroxyl groups is 1. The number of aromatic nitrogens is 1. The molecule has 0 aliphatic heterocycles. The van der Waals surface area contributed by atoms with Crippen molar-refractivity contribution in [3.8, 4) is 11.8 Å². The zero-order valence-electron chi connectivity index (χ0n) is 11.4. The molecule has 0 bridgehead atoms. The normalized spacial score (nSPS) is 13.7. The Hall–Kier alpha value is -2.05. The second-order valence-electron chi connectivity index (χ2n) is 4.88. The van der Waals surface area contributed by atoms with Gasteiger partial charge in [-0.2, -0.15) is 0 Å². The molecule has 3 heteroatoms. The molecule has 1 unspecified atom stereocenters. The van der Waals surface area contributed by atoms with E-state index < -0.39 is 5.60 Å². The molecule has 0 spiro atoms. The van der Waals surface area contributed by atoms with Crippen LogP contribution in [0.15, 0.2) is 29.1 Å². The molecule has 1 aromatic carbocycles. The van der Waals surface area contributed by atoms with Crippen LogP contribution in [0.25, 0.3) is 10.9 Å². The SMILES string of the molecule is CCC(C)(O)C#Cc1c(C)c2ccccc2[nH]c1=O. The highest BCUT2D eigenvalue weighted by atomic mass is 16.3. The standard InChI is InChI=1S/C16H17NO2/c1-4-16(3,19)10-9-13-11(2)12-7-5-6-8-14(12)17-15(13)18/h5-8,19H,4H2,1-3H3,(H,17,18). The van der Waals surface area contributed by atoms with E-state index in [2.05, 4.69) is 16.8 Å². The maximum atomic E-state index is 12.0. The van der Waals surface area contributed by atoms with E-state index >= 15 is 0 Å². The number of aryl methyl sites for hydroxylation is 1. The Morgan fingerprint density at radius 3 is 2.74 bits per heavy atom. The average Bonchev–Trinajstić information content (AvgIpc) is 2.38. The number of rotatable bonds is 1. The summed E-state index contributed by atoms with van der Waals surface area (Å²) in [6, 6.07) is 7.62. The van der Waals surface area contributed by atoms with Gasteiger partial charge in [0.25, 0.3) is 5.56 Å². The molecule has 98 valence electrons. The van der Waals surface area contributed by atoms with Gasteiger partial charge in [-0.3, -0.25) is 4.79 Å². The minimum atomic E-state index is -1.06. The van der Waals surface area contributed by atoms with Crippen molar-refractivity contribution in [3.05, 3.63) is 45.7 Å². The highest BCUT2D eigenvalue weighted by Gasteiger charge is 2.13. The molecule has 2 aromatic rings. The first-order valence-corrected chi connectivity index (χ1v) is 6.32. The Morgan fingerprint density at radius 1 is 1.37 bits per heavy atom. The molecule has 0 amide bonds. The van der Waals surface area contributed by atoms with Gasteiger partial charge in [0.15, 0.2) is 0 Å². The van der Waals surface area contributed by atoms with Crippen LogP contribution >= 0.6 is 0 Å². The van der Waals surface area contributed by atoms with Crippen molar-refractivity contribution in [2.75, 3.05) is 0 Å². The fraction of sp³-hybridized carbons (Fsp3) is 0.312. The number of aromatic amines is 1. The van der Waals surface area contributed by atoms with Crippen molar-refractivity contribution >= 4 is 10.9 Å². The first-order chi connectivity index (χ1) is 8.94. The predicted octanol–water partition coefficient (Wildman–Crippen LogP) is 2.35. The number of benzene rings is 1. The molecule has 2 rings (SSSR count). The molecule has 0 saturated carbocycles. The molecular formula is C16H17NO2. The summed E-state index contributed by atoms with van der Waals surface area (Å²) < 4.78 is 0. The van der Waals surface area contributed by atoms with Crippen molar-refractivity contribution in [3.63, 3.8) is 0 Å². The van der Waals surface area contributed by atoms with Gasteiger partial charge in [-0.25, -0.2) is 0 Å². The van der Waals surface area contributed by atoms with Crippen molar-refractivity contribution in [1.29, 1.82) is 0 Å². The van der Waals surface area contributed by atoms with E-state index in [9.17, 15) is 9.90 Å². The summed E-state index contributed by atoms with van der Waals surface area (Å²) in [5.41, 5.74) is 0.796. The number of hydrogen-bond donors (Lipinski definition) is 2. The van der Waals surface area contributed by atoms with E-state index in [1.54, 1.807) is 6.92 Å². The van der Waals surface area contributed by atoms with Gasteiger partial charge in [-0.05, 0) is 31.9 Å². The van der Waals surface area contributed by atoms with Gasteiger partial charge in [-0.1, -0.05) is 37.0 Å². The maximum Gasteiger partial charge on any atom is 0.264 e. The van der Waals surface area contributed by atoms with Crippen LogP contribution in [-0.4, -0.2) is 15.7 Å². The number of nitrogens with one attached hydrogen (secondary N) is 1. The first kappa shape index (κ1) is 13.4. The highest BCUT2D eigenvalue weighted by molar-refractivity contribution is 5.83. The topological polar surface area (TPSA) is 53.1 Å². The molecule has 0 aliphatic carbocycles. The Morgan fingerprint density at radius 2 is 2.05 bits per heavy atom. The quantitative estimate of drug-likeness (QED) is 0.768. The second kappa shape index (κ2) is 4.91. The lowest BCUT2D eigenvalue weighted by Crippen LogP contribution is -2.20. The molecule has 1 atom stereocenters. The lowest BCUT2D eigenvalue weighted by Gasteiger charge is -2.12. The van der Waals surface area contributed by atoms with Gasteiger partial charge >= 0.3 is 0 Å². The summed E-state index contributed by atoms with van der Waals surface area (Å²) in [5.74, 6) is 5.58. The Bertz CT molecular complexity index is 730. The van der Waals surface area contributed by atoms with E-state index in [0.717, 1.165) is 16.5 Å². The van der Waals surface area contributed by atoms with Crippen molar-refractivity contribution in [2.45, 2.75) is 32.8 Å². The molecule has 1 heterocycles. The average molecular weight is 255 g/mol. The van der Waals surface area contributed by atoms with Crippen molar-refractivity contribution in [2.24, 2.45) is 0 Å². The Kier molecular flexibility index (Phi) is 3.46. The predicted molar refractivity (Wildman–Crippen MR) is 77.1 cm³/mol. The molecule has 0 aliphatic rings. The monoisotopic (exact) mass is 255 g/mol. The number of H-pyrrole nitrogens is 1. The Balaban J connectivity index is 2.65.